The van der Waals surface area contributed by atoms with Crippen molar-refractivity contribution >= 4 is 17.4 Å². The lowest BCUT2D eigenvalue weighted by Gasteiger charge is -2.07. The number of hydrogen-bond acceptors (Lipinski definition) is 4. The molecular weight excluding hydrogens is 331 g/mol. The van der Waals surface area contributed by atoms with Crippen LogP contribution in [0.3, 0.4) is 0 Å². The molecule has 132 valence electrons. The quantitative estimate of drug-likeness (QED) is 0.634. The molecule has 26 heavy (non-hydrogen) atoms. The molecule has 1 heterocycles. The summed E-state index contributed by atoms with van der Waals surface area (Å²) < 4.78 is 13.1. The molecule has 3 rings (SSSR count). The van der Waals surface area contributed by atoms with Gasteiger partial charge in [-0.15, -0.1) is 0 Å². The van der Waals surface area contributed by atoms with E-state index in [9.17, 15) is 9.18 Å². The van der Waals surface area contributed by atoms with E-state index in [2.05, 4.69) is 32.7 Å². The molecule has 1 amide bonds. The topological polar surface area (TPSA) is 66.9 Å². The number of aryl methyl sites for hydroxylation is 1. The fourth-order valence-electron chi connectivity index (χ4n) is 2.45. The van der Waals surface area contributed by atoms with Crippen molar-refractivity contribution in [1.29, 1.82) is 0 Å². The summed E-state index contributed by atoms with van der Waals surface area (Å²) in [5.41, 5.74) is 1.84. The summed E-state index contributed by atoms with van der Waals surface area (Å²) in [7, 11) is 0. The summed E-state index contributed by atoms with van der Waals surface area (Å²) in [6.07, 6.45) is 4.86. The molecule has 0 atom stereocenters. The number of anilines is 2. The number of hydrogen-bond donors (Lipinski definition) is 2. The second-order valence-corrected chi connectivity index (χ2v) is 5.77. The van der Waals surface area contributed by atoms with Crippen LogP contribution in [0.2, 0.25) is 0 Å². The van der Waals surface area contributed by atoms with Gasteiger partial charge >= 0.3 is 0 Å². The number of nitrogens with one attached hydrogen (secondary N) is 2. The molecule has 6 heteroatoms. The standard InChI is InChI=1S/C20H19FN4O/c21-16-9-4-10-17(12-16)25-20(26)18-13-24-19(14-23-18)22-11-5-8-15-6-2-1-3-7-15/h1-4,6-7,9-10,12-14H,5,8,11H2,(H,22,24)(H,25,26). The first-order chi connectivity index (χ1) is 12.7. The van der Waals surface area contributed by atoms with Gasteiger partial charge in [-0.3, -0.25) is 4.79 Å². The number of benzene rings is 2. The van der Waals surface area contributed by atoms with Crippen LogP contribution in [0, 0.1) is 5.82 Å². The zero-order valence-electron chi connectivity index (χ0n) is 14.2. The number of halogens is 1. The van der Waals surface area contributed by atoms with Gasteiger partial charge in [0.25, 0.3) is 5.91 Å². The molecule has 2 aromatic carbocycles. The smallest absolute Gasteiger partial charge is 0.275 e. The van der Waals surface area contributed by atoms with Crippen molar-refractivity contribution in [3.63, 3.8) is 0 Å². The van der Waals surface area contributed by atoms with Crippen molar-refractivity contribution in [2.24, 2.45) is 0 Å². The molecule has 0 aliphatic heterocycles. The Morgan fingerprint density at radius 1 is 1.00 bits per heavy atom. The number of carbonyl (C=O) groups is 1. The van der Waals surface area contributed by atoms with Crippen molar-refractivity contribution in [2.75, 3.05) is 17.2 Å². The van der Waals surface area contributed by atoms with Crippen molar-refractivity contribution < 1.29 is 9.18 Å². The fourth-order valence-corrected chi connectivity index (χ4v) is 2.45. The normalized spacial score (nSPS) is 10.3. The third-order valence-corrected chi connectivity index (χ3v) is 3.76. The van der Waals surface area contributed by atoms with Crippen molar-refractivity contribution in [3.8, 4) is 0 Å². The first-order valence-electron chi connectivity index (χ1n) is 8.37. The van der Waals surface area contributed by atoms with Gasteiger partial charge in [0.15, 0.2) is 0 Å². The molecule has 0 saturated heterocycles. The van der Waals surface area contributed by atoms with E-state index < -0.39 is 11.7 Å². The monoisotopic (exact) mass is 350 g/mol. The molecule has 0 fully saturated rings. The maximum Gasteiger partial charge on any atom is 0.275 e. The number of aromatic nitrogens is 2. The van der Waals surface area contributed by atoms with Gasteiger partial charge < -0.3 is 10.6 Å². The first-order valence-corrected chi connectivity index (χ1v) is 8.37. The first kappa shape index (κ1) is 17.5. The van der Waals surface area contributed by atoms with E-state index in [1.54, 1.807) is 6.07 Å². The van der Waals surface area contributed by atoms with E-state index >= 15 is 0 Å². The molecule has 0 spiro atoms. The lowest BCUT2D eigenvalue weighted by atomic mass is 10.1. The Morgan fingerprint density at radius 2 is 1.85 bits per heavy atom. The van der Waals surface area contributed by atoms with Crippen LogP contribution in [0.15, 0.2) is 67.0 Å². The van der Waals surface area contributed by atoms with Gasteiger partial charge in [-0.2, -0.15) is 0 Å². The SMILES string of the molecule is O=C(Nc1cccc(F)c1)c1cnc(NCCCc2ccccc2)cn1. The molecule has 0 unspecified atom stereocenters. The third kappa shape index (κ3) is 5.11. The summed E-state index contributed by atoms with van der Waals surface area (Å²) >= 11 is 0. The Balaban J connectivity index is 1.47. The highest BCUT2D eigenvalue weighted by atomic mass is 19.1. The van der Waals surface area contributed by atoms with Gasteiger partial charge in [0.05, 0.1) is 12.4 Å². The maximum absolute atomic E-state index is 13.1. The molecule has 0 radical (unpaired) electrons. The maximum atomic E-state index is 13.1. The van der Waals surface area contributed by atoms with Crippen LogP contribution >= 0.6 is 0 Å². The van der Waals surface area contributed by atoms with E-state index in [4.69, 9.17) is 0 Å². The second-order valence-electron chi connectivity index (χ2n) is 5.77. The molecule has 0 saturated carbocycles. The highest BCUT2D eigenvalue weighted by Gasteiger charge is 2.09. The van der Waals surface area contributed by atoms with Crippen LogP contribution in [0.5, 0.6) is 0 Å². The van der Waals surface area contributed by atoms with E-state index in [1.165, 1.54) is 36.2 Å². The minimum atomic E-state index is -0.432. The number of rotatable bonds is 7. The summed E-state index contributed by atoms with van der Waals surface area (Å²) in [5, 5.41) is 5.77. The predicted molar refractivity (Wildman–Crippen MR) is 99.6 cm³/mol. The predicted octanol–water partition coefficient (Wildman–Crippen LogP) is 3.91. The van der Waals surface area contributed by atoms with Crippen molar-refractivity contribution in [2.45, 2.75) is 12.8 Å². The van der Waals surface area contributed by atoms with Gasteiger partial charge in [-0.25, -0.2) is 14.4 Å². The van der Waals surface area contributed by atoms with Crippen LogP contribution in [-0.2, 0) is 6.42 Å². The molecule has 0 aliphatic rings. The van der Waals surface area contributed by atoms with Crippen molar-refractivity contribution in [3.05, 3.63) is 84.1 Å². The molecule has 0 bridgehead atoms. The molecular formula is C20H19FN4O. The van der Waals surface area contributed by atoms with Crippen LogP contribution in [0.4, 0.5) is 15.9 Å². The minimum Gasteiger partial charge on any atom is -0.369 e. The van der Waals surface area contributed by atoms with E-state index in [1.807, 2.05) is 18.2 Å². The van der Waals surface area contributed by atoms with Crippen LogP contribution in [-0.4, -0.2) is 22.4 Å². The Morgan fingerprint density at radius 3 is 2.58 bits per heavy atom. The van der Waals surface area contributed by atoms with Crippen LogP contribution < -0.4 is 10.6 Å². The Hall–Kier alpha value is -3.28. The van der Waals surface area contributed by atoms with Gasteiger partial charge in [0.1, 0.15) is 17.3 Å². The van der Waals surface area contributed by atoms with Crippen LogP contribution in [0.1, 0.15) is 22.5 Å². The zero-order valence-corrected chi connectivity index (χ0v) is 14.2. The summed E-state index contributed by atoms with van der Waals surface area (Å²) in [5.74, 6) is -0.233. The van der Waals surface area contributed by atoms with E-state index in [0.29, 0.717) is 11.5 Å². The average molecular weight is 350 g/mol. The largest absolute Gasteiger partial charge is 0.369 e. The third-order valence-electron chi connectivity index (χ3n) is 3.76. The lowest BCUT2D eigenvalue weighted by Crippen LogP contribution is -2.14. The number of carbonyl (C=O) groups excluding carboxylic acids is 1. The molecule has 0 aliphatic carbocycles. The highest BCUT2D eigenvalue weighted by molar-refractivity contribution is 6.02. The van der Waals surface area contributed by atoms with Crippen LogP contribution in [0.25, 0.3) is 0 Å². The van der Waals surface area contributed by atoms with Gasteiger partial charge in [-0.1, -0.05) is 36.4 Å². The van der Waals surface area contributed by atoms with Gasteiger partial charge in [-0.05, 0) is 36.6 Å². The summed E-state index contributed by atoms with van der Waals surface area (Å²) in [4.78, 5) is 20.4. The van der Waals surface area contributed by atoms with Crippen molar-refractivity contribution in [1.82, 2.24) is 9.97 Å². The average Bonchev–Trinajstić information content (AvgIpc) is 2.66. The highest BCUT2D eigenvalue weighted by Crippen LogP contribution is 2.11. The second kappa shape index (κ2) is 8.71. The molecule has 3 aromatic rings. The molecule has 5 nitrogen and oxygen atoms in total. The van der Waals surface area contributed by atoms with Gasteiger partial charge in [0.2, 0.25) is 0 Å². The minimum absolute atomic E-state index is 0.170. The van der Waals surface area contributed by atoms with E-state index in [-0.39, 0.29) is 5.69 Å². The number of nitrogens with zero attached hydrogens (tertiary/aromatic N) is 2. The Kier molecular flexibility index (Phi) is 5.88. The number of amides is 1. The molecule has 1 aromatic heterocycles. The Bertz CT molecular complexity index is 853. The lowest BCUT2D eigenvalue weighted by molar-refractivity contribution is 0.102. The van der Waals surface area contributed by atoms with E-state index in [0.717, 1.165) is 19.4 Å². The molecule has 2 N–H and O–H groups in total. The summed E-state index contributed by atoms with van der Waals surface area (Å²) in [6, 6.07) is 16.0. The fraction of sp³-hybridized carbons (Fsp3) is 0.150. The summed E-state index contributed by atoms with van der Waals surface area (Å²) in [6.45, 7) is 0.762. The zero-order chi connectivity index (χ0) is 18.2. The Labute approximate surface area is 151 Å². The van der Waals surface area contributed by atoms with Gasteiger partial charge in [0, 0.05) is 12.2 Å².